The largest absolute Gasteiger partial charge is 0.497 e. The molecule has 1 fully saturated rings. The van der Waals surface area contributed by atoms with Crippen LogP contribution in [0.1, 0.15) is 6.42 Å². The highest BCUT2D eigenvalue weighted by Gasteiger charge is 2.14. The van der Waals surface area contributed by atoms with E-state index in [9.17, 15) is 0 Å². The Morgan fingerprint density at radius 2 is 2.27 bits per heavy atom. The summed E-state index contributed by atoms with van der Waals surface area (Å²) in [6.07, 6.45) is 1.21. The molecule has 0 unspecified atom stereocenters. The minimum atomic E-state index is 0.649. The summed E-state index contributed by atoms with van der Waals surface area (Å²) in [6, 6.07) is 7.75. The van der Waals surface area contributed by atoms with E-state index in [4.69, 9.17) is 9.47 Å². The predicted octanol–water partition coefficient (Wildman–Crippen LogP) is 1.68. The van der Waals surface area contributed by atoms with Gasteiger partial charge < -0.3 is 14.8 Å². The van der Waals surface area contributed by atoms with E-state index in [0.717, 1.165) is 31.2 Å². The molecule has 0 bridgehead atoms. The van der Waals surface area contributed by atoms with Crippen LogP contribution in [0.2, 0.25) is 0 Å². The van der Waals surface area contributed by atoms with Crippen molar-refractivity contribution < 1.29 is 9.47 Å². The quantitative estimate of drug-likeness (QED) is 0.815. The highest BCUT2D eigenvalue weighted by molar-refractivity contribution is 5.32. The number of benzene rings is 1. The summed E-state index contributed by atoms with van der Waals surface area (Å²) < 4.78 is 10.8. The third-order valence-corrected chi connectivity index (χ3v) is 2.69. The molecule has 1 aliphatic rings. The molecule has 2 rings (SSSR count). The van der Waals surface area contributed by atoms with Gasteiger partial charge in [-0.25, -0.2) is 0 Å². The maximum absolute atomic E-state index is 5.71. The number of hydrogen-bond donors (Lipinski definition) is 1. The standard InChI is InChI=1S/C12H17NO2/c1-14-11-3-2-4-12(7-11)15-9-10-5-6-13-8-10/h2-4,7,10,13H,5-6,8-9H2,1H3/t10-/m0/s1. The van der Waals surface area contributed by atoms with Crippen LogP contribution in [0.5, 0.6) is 11.5 Å². The first-order chi connectivity index (χ1) is 7.38. The fourth-order valence-corrected chi connectivity index (χ4v) is 1.76. The van der Waals surface area contributed by atoms with Gasteiger partial charge in [0.05, 0.1) is 13.7 Å². The molecule has 3 nitrogen and oxygen atoms in total. The third kappa shape index (κ3) is 2.86. The zero-order chi connectivity index (χ0) is 10.5. The lowest BCUT2D eigenvalue weighted by atomic mass is 10.1. The van der Waals surface area contributed by atoms with Crippen LogP contribution in [-0.4, -0.2) is 26.8 Å². The number of rotatable bonds is 4. The molecule has 1 aliphatic heterocycles. The van der Waals surface area contributed by atoms with Gasteiger partial charge in [-0.15, -0.1) is 0 Å². The van der Waals surface area contributed by atoms with Crippen molar-refractivity contribution in [2.75, 3.05) is 26.8 Å². The molecule has 1 aromatic carbocycles. The Balaban J connectivity index is 1.86. The summed E-state index contributed by atoms with van der Waals surface area (Å²) in [6.45, 7) is 2.98. The number of ether oxygens (including phenoxy) is 2. The molecule has 1 aromatic rings. The highest BCUT2D eigenvalue weighted by Crippen LogP contribution is 2.20. The van der Waals surface area contributed by atoms with E-state index in [1.165, 1.54) is 6.42 Å². The van der Waals surface area contributed by atoms with Gasteiger partial charge in [-0.2, -0.15) is 0 Å². The Labute approximate surface area is 90.4 Å². The lowest BCUT2D eigenvalue weighted by Gasteiger charge is -2.11. The lowest BCUT2D eigenvalue weighted by Crippen LogP contribution is -2.15. The van der Waals surface area contributed by atoms with Crippen LogP contribution >= 0.6 is 0 Å². The molecule has 1 heterocycles. The van der Waals surface area contributed by atoms with Gasteiger partial charge in [0.15, 0.2) is 0 Å². The molecule has 1 atom stereocenters. The Hall–Kier alpha value is -1.22. The predicted molar refractivity (Wildman–Crippen MR) is 59.5 cm³/mol. The van der Waals surface area contributed by atoms with Crippen molar-refractivity contribution >= 4 is 0 Å². The van der Waals surface area contributed by atoms with E-state index in [1.807, 2.05) is 24.3 Å². The fraction of sp³-hybridized carbons (Fsp3) is 0.500. The summed E-state index contributed by atoms with van der Waals surface area (Å²) in [5.74, 6) is 2.38. The summed E-state index contributed by atoms with van der Waals surface area (Å²) in [4.78, 5) is 0. The Bertz CT molecular complexity index is 308. The van der Waals surface area contributed by atoms with Gasteiger partial charge in [-0.05, 0) is 25.1 Å². The van der Waals surface area contributed by atoms with Gasteiger partial charge in [0.1, 0.15) is 11.5 Å². The fourth-order valence-electron chi connectivity index (χ4n) is 1.76. The van der Waals surface area contributed by atoms with Crippen LogP contribution in [0.4, 0.5) is 0 Å². The van der Waals surface area contributed by atoms with Gasteiger partial charge in [0, 0.05) is 18.5 Å². The van der Waals surface area contributed by atoms with E-state index in [-0.39, 0.29) is 0 Å². The number of hydrogen-bond acceptors (Lipinski definition) is 3. The highest BCUT2D eigenvalue weighted by atomic mass is 16.5. The van der Waals surface area contributed by atoms with Gasteiger partial charge in [-0.3, -0.25) is 0 Å². The zero-order valence-electron chi connectivity index (χ0n) is 9.03. The number of methoxy groups -OCH3 is 1. The Morgan fingerprint density at radius 1 is 1.40 bits per heavy atom. The van der Waals surface area contributed by atoms with Crippen LogP contribution in [-0.2, 0) is 0 Å². The molecule has 1 N–H and O–H groups in total. The molecular formula is C12H17NO2. The van der Waals surface area contributed by atoms with E-state index < -0.39 is 0 Å². The minimum absolute atomic E-state index is 0.649. The van der Waals surface area contributed by atoms with Crippen LogP contribution in [0, 0.1) is 5.92 Å². The smallest absolute Gasteiger partial charge is 0.122 e. The molecule has 0 saturated carbocycles. The van der Waals surface area contributed by atoms with Crippen LogP contribution in [0.15, 0.2) is 24.3 Å². The molecule has 0 aliphatic carbocycles. The van der Waals surface area contributed by atoms with Crippen LogP contribution in [0.3, 0.4) is 0 Å². The second kappa shape index (κ2) is 5.03. The van der Waals surface area contributed by atoms with Crippen molar-refractivity contribution in [2.45, 2.75) is 6.42 Å². The monoisotopic (exact) mass is 207 g/mol. The van der Waals surface area contributed by atoms with Crippen molar-refractivity contribution in [2.24, 2.45) is 5.92 Å². The minimum Gasteiger partial charge on any atom is -0.497 e. The Morgan fingerprint density at radius 3 is 3.00 bits per heavy atom. The van der Waals surface area contributed by atoms with Gasteiger partial charge in [-0.1, -0.05) is 6.07 Å². The van der Waals surface area contributed by atoms with Crippen molar-refractivity contribution in [3.05, 3.63) is 24.3 Å². The lowest BCUT2D eigenvalue weighted by molar-refractivity contribution is 0.259. The average molecular weight is 207 g/mol. The summed E-state index contributed by atoms with van der Waals surface area (Å²) in [5.41, 5.74) is 0. The third-order valence-electron chi connectivity index (χ3n) is 2.69. The van der Waals surface area contributed by atoms with E-state index in [1.54, 1.807) is 7.11 Å². The zero-order valence-corrected chi connectivity index (χ0v) is 9.03. The van der Waals surface area contributed by atoms with Crippen molar-refractivity contribution in [3.8, 4) is 11.5 Å². The molecule has 0 radical (unpaired) electrons. The summed E-state index contributed by atoms with van der Waals surface area (Å²) in [5, 5.41) is 3.33. The van der Waals surface area contributed by atoms with Crippen molar-refractivity contribution in [1.82, 2.24) is 5.32 Å². The van der Waals surface area contributed by atoms with E-state index >= 15 is 0 Å². The van der Waals surface area contributed by atoms with Gasteiger partial charge in [0.2, 0.25) is 0 Å². The first-order valence-electron chi connectivity index (χ1n) is 5.36. The molecule has 0 amide bonds. The molecular weight excluding hydrogens is 190 g/mol. The molecule has 0 aromatic heterocycles. The SMILES string of the molecule is COc1cccc(OC[C@H]2CCNC2)c1. The second-order valence-electron chi connectivity index (χ2n) is 3.85. The van der Waals surface area contributed by atoms with Gasteiger partial charge >= 0.3 is 0 Å². The molecule has 1 saturated heterocycles. The molecule has 15 heavy (non-hydrogen) atoms. The van der Waals surface area contributed by atoms with Crippen LogP contribution in [0.25, 0.3) is 0 Å². The summed E-state index contributed by atoms with van der Waals surface area (Å²) >= 11 is 0. The van der Waals surface area contributed by atoms with Crippen molar-refractivity contribution in [3.63, 3.8) is 0 Å². The molecule has 0 spiro atoms. The normalized spacial score (nSPS) is 20.2. The average Bonchev–Trinajstić information content (AvgIpc) is 2.79. The first kappa shape index (κ1) is 10.3. The second-order valence-corrected chi connectivity index (χ2v) is 3.85. The Kier molecular flexibility index (Phi) is 3.45. The maximum Gasteiger partial charge on any atom is 0.122 e. The van der Waals surface area contributed by atoms with Crippen LogP contribution < -0.4 is 14.8 Å². The first-order valence-corrected chi connectivity index (χ1v) is 5.36. The van der Waals surface area contributed by atoms with E-state index in [0.29, 0.717) is 5.92 Å². The van der Waals surface area contributed by atoms with Crippen molar-refractivity contribution in [1.29, 1.82) is 0 Å². The molecule has 82 valence electrons. The van der Waals surface area contributed by atoms with E-state index in [2.05, 4.69) is 5.32 Å². The number of nitrogens with one attached hydrogen (secondary N) is 1. The maximum atomic E-state index is 5.71. The topological polar surface area (TPSA) is 30.5 Å². The van der Waals surface area contributed by atoms with Gasteiger partial charge in [0.25, 0.3) is 0 Å². The summed E-state index contributed by atoms with van der Waals surface area (Å²) in [7, 11) is 1.67. The molecule has 3 heteroatoms.